The summed E-state index contributed by atoms with van der Waals surface area (Å²) in [4.78, 5) is 25.1. The smallest absolute Gasteiger partial charge is 0.309 e. The van der Waals surface area contributed by atoms with Crippen LogP contribution in [-0.2, 0) is 9.59 Å². The average Bonchev–Trinajstić information content (AvgIpc) is 2.36. The van der Waals surface area contributed by atoms with E-state index >= 15 is 0 Å². The van der Waals surface area contributed by atoms with Gasteiger partial charge < -0.3 is 15.5 Å². The van der Waals surface area contributed by atoms with Crippen molar-refractivity contribution in [2.75, 3.05) is 26.2 Å². The Balaban J connectivity index is 2.21. The number of amides is 2. The molecule has 104 valence electrons. The molecule has 1 fully saturated rings. The molecule has 0 unspecified atom stereocenters. The third-order valence-electron chi connectivity index (χ3n) is 3.47. The van der Waals surface area contributed by atoms with Gasteiger partial charge in [-0.05, 0) is 52.6 Å². The Hall–Kier alpha value is -1.10. The predicted octanol–water partition coefficient (Wildman–Crippen LogP) is 0.359. The van der Waals surface area contributed by atoms with Crippen LogP contribution in [0.5, 0.6) is 0 Å². The van der Waals surface area contributed by atoms with Gasteiger partial charge >= 0.3 is 11.8 Å². The summed E-state index contributed by atoms with van der Waals surface area (Å²) in [6.07, 6.45) is 2.18. The zero-order chi connectivity index (χ0) is 13.5. The van der Waals surface area contributed by atoms with Gasteiger partial charge in [-0.1, -0.05) is 0 Å². The van der Waals surface area contributed by atoms with Crippen molar-refractivity contribution in [2.45, 2.75) is 39.7 Å². The Labute approximate surface area is 109 Å². The highest BCUT2D eigenvalue weighted by molar-refractivity contribution is 6.35. The van der Waals surface area contributed by atoms with Gasteiger partial charge in [-0.2, -0.15) is 0 Å². The maximum atomic E-state index is 11.4. The summed E-state index contributed by atoms with van der Waals surface area (Å²) in [5.74, 6) is -0.543. The molecule has 0 saturated carbocycles. The first-order valence-electron chi connectivity index (χ1n) is 6.84. The highest BCUT2D eigenvalue weighted by atomic mass is 16.2. The summed E-state index contributed by atoms with van der Waals surface area (Å²) in [6.45, 7) is 9.47. The molecule has 0 aromatic carbocycles. The number of likely N-dealkylation sites (tertiary alicyclic amines) is 1. The molecular weight excluding hydrogens is 230 g/mol. The van der Waals surface area contributed by atoms with Gasteiger partial charge in [-0.3, -0.25) is 9.59 Å². The molecule has 0 atom stereocenters. The number of carbonyl (C=O) groups excluding carboxylic acids is 2. The van der Waals surface area contributed by atoms with Gasteiger partial charge in [0.15, 0.2) is 0 Å². The zero-order valence-electron chi connectivity index (χ0n) is 11.7. The van der Waals surface area contributed by atoms with Crippen molar-refractivity contribution >= 4 is 11.8 Å². The maximum Gasteiger partial charge on any atom is 0.309 e. The minimum Gasteiger partial charge on any atom is -0.348 e. The summed E-state index contributed by atoms with van der Waals surface area (Å²) in [5, 5.41) is 5.21. The molecule has 5 nitrogen and oxygen atoms in total. The quantitative estimate of drug-likeness (QED) is 0.713. The predicted molar refractivity (Wildman–Crippen MR) is 71.1 cm³/mol. The van der Waals surface area contributed by atoms with Crippen molar-refractivity contribution in [3.05, 3.63) is 0 Å². The van der Waals surface area contributed by atoms with Crippen LogP contribution in [0.1, 0.15) is 33.6 Å². The standard InChI is InChI=1S/C13H25N3O2/c1-4-14-12(17)13(18)15-9-11-5-7-16(8-6-11)10(2)3/h10-11H,4-9H2,1-3H3,(H,14,17)(H,15,18). The molecular formula is C13H25N3O2. The molecule has 2 amide bonds. The van der Waals surface area contributed by atoms with Crippen molar-refractivity contribution in [1.29, 1.82) is 0 Å². The van der Waals surface area contributed by atoms with Crippen molar-refractivity contribution in [3.63, 3.8) is 0 Å². The van der Waals surface area contributed by atoms with Gasteiger partial charge in [0, 0.05) is 19.1 Å². The van der Waals surface area contributed by atoms with Crippen LogP contribution in [0.2, 0.25) is 0 Å². The molecule has 1 heterocycles. The first kappa shape index (κ1) is 15.0. The largest absolute Gasteiger partial charge is 0.348 e. The average molecular weight is 255 g/mol. The molecule has 0 bridgehead atoms. The summed E-state index contributed by atoms with van der Waals surface area (Å²) in [6, 6.07) is 0.593. The molecule has 1 aliphatic rings. The summed E-state index contributed by atoms with van der Waals surface area (Å²) in [5.41, 5.74) is 0. The van der Waals surface area contributed by atoms with Crippen LogP contribution in [0.25, 0.3) is 0 Å². The van der Waals surface area contributed by atoms with Gasteiger partial charge in [-0.15, -0.1) is 0 Å². The lowest BCUT2D eigenvalue weighted by atomic mass is 9.96. The maximum absolute atomic E-state index is 11.4. The van der Waals surface area contributed by atoms with Crippen molar-refractivity contribution < 1.29 is 9.59 Å². The summed E-state index contributed by atoms with van der Waals surface area (Å²) >= 11 is 0. The third kappa shape index (κ3) is 4.64. The van der Waals surface area contributed by atoms with Gasteiger partial charge in [0.2, 0.25) is 0 Å². The SMILES string of the molecule is CCNC(=O)C(=O)NCC1CCN(C(C)C)CC1. The van der Waals surface area contributed by atoms with Crippen molar-refractivity contribution in [2.24, 2.45) is 5.92 Å². The Morgan fingerprint density at radius 1 is 1.17 bits per heavy atom. The highest BCUT2D eigenvalue weighted by Gasteiger charge is 2.22. The van der Waals surface area contributed by atoms with Crippen LogP contribution in [0, 0.1) is 5.92 Å². The van der Waals surface area contributed by atoms with Crippen LogP contribution in [0.15, 0.2) is 0 Å². The number of piperidine rings is 1. The molecule has 18 heavy (non-hydrogen) atoms. The van der Waals surface area contributed by atoms with Gasteiger partial charge in [0.05, 0.1) is 0 Å². The fourth-order valence-corrected chi connectivity index (χ4v) is 2.23. The van der Waals surface area contributed by atoms with E-state index in [1.165, 1.54) is 0 Å². The molecule has 1 aliphatic heterocycles. The molecule has 1 saturated heterocycles. The van der Waals surface area contributed by atoms with Gasteiger partial charge in [-0.25, -0.2) is 0 Å². The summed E-state index contributed by atoms with van der Waals surface area (Å²) in [7, 11) is 0. The second-order valence-electron chi connectivity index (χ2n) is 5.14. The van der Waals surface area contributed by atoms with E-state index in [0.29, 0.717) is 25.0 Å². The number of nitrogens with one attached hydrogen (secondary N) is 2. The Kier molecular flexibility index (Phi) is 6.12. The number of hydrogen-bond donors (Lipinski definition) is 2. The number of hydrogen-bond acceptors (Lipinski definition) is 3. The van der Waals surface area contributed by atoms with Gasteiger partial charge in [0.25, 0.3) is 0 Å². The van der Waals surface area contributed by atoms with Crippen molar-refractivity contribution in [3.8, 4) is 0 Å². The Morgan fingerprint density at radius 3 is 2.22 bits per heavy atom. The molecule has 0 aromatic heterocycles. The van der Waals surface area contributed by atoms with E-state index in [2.05, 4.69) is 29.4 Å². The second-order valence-corrected chi connectivity index (χ2v) is 5.14. The lowest BCUT2D eigenvalue weighted by Crippen LogP contribution is -2.44. The van der Waals surface area contributed by atoms with E-state index in [-0.39, 0.29) is 0 Å². The number of likely N-dealkylation sites (N-methyl/N-ethyl adjacent to an activating group) is 1. The fraction of sp³-hybridized carbons (Fsp3) is 0.846. The van der Waals surface area contributed by atoms with Crippen LogP contribution in [-0.4, -0.2) is 48.9 Å². The van der Waals surface area contributed by atoms with Crippen molar-refractivity contribution in [1.82, 2.24) is 15.5 Å². The van der Waals surface area contributed by atoms with E-state index in [9.17, 15) is 9.59 Å². The Morgan fingerprint density at radius 2 is 1.72 bits per heavy atom. The molecule has 0 aromatic rings. The second kappa shape index (κ2) is 7.36. The first-order valence-corrected chi connectivity index (χ1v) is 6.84. The van der Waals surface area contributed by atoms with E-state index < -0.39 is 11.8 Å². The third-order valence-corrected chi connectivity index (χ3v) is 3.47. The minimum absolute atomic E-state index is 0.485. The highest BCUT2D eigenvalue weighted by Crippen LogP contribution is 2.17. The lowest BCUT2D eigenvalue weighted by molar-refractivity contribution is -0.139. The normalized spacial score (nSPS) is 17.8. The van der Waals surface area contributed by atoms with E-state index in [1.807, 2.05) is 0 Å². The minimum atomic E-state index is -0.530. The zero-order valence-corrected chi connectivity index (χ0v) is 11.7. The van der Waals surface area contributed by atoms with Crippen LogP contribution in [0.4, 0.5) is 0 Å². The monoisotopic (exact) mass is 255 g/mol. The molecule has 0 spiro atoms. The Bertz CT molecular complexity index is 284. The molecule has 2 N–H and O–H groups in total. The van der Waals surface area contributed by atoms with Crippen LogP contribution >= 0.6 is 0 Å². The number of nitrogens with zero attached hydrogens (tertiary/aromatic N) is 1. The van der Waals surface area contributed by atoms with E-state index in [0.717, 1.165) is 25.9 Å². The first-order chi connectivity index (χ1) is 8.54. The van der Waals surface area contributed by atoms with Crippen LogP contribution in [0.3, 0.4) is 0 Å². The number of carbonyl (C=O) groups is 2. The van der Waals surface area contributed by atoms with E-state index in [4.69, 9.17) is 0 Å². The van der Waals surface area contributed by atoms with E-state index in [1.54, 1.807) is 6.92 Å². The molecule has 5 heteroatoms. The van der Waals surface area contributed by atoms with Gasteiger partial charge in [0.1, 0.15) is 0 Å². The topological polar surface area (TPSA) is 61.4 Å². The van der Waals surface area contributed by atoms with Crippen LogP contribution < -0.4 is 10.6 Å². The molecule has 0 radical (unpaired) electrons. The lowest BCUT2D eigenvalue weighted by Gasteiger charge is -2.34. The molecule has 1 rings (SSSR count). The number of rotatable bonds is 4. The molecule has 0 aliphatic carbocycles. The summed E-state index contributed by atoms with van der Waals surface area (Å²) < 4.78 is 0. The fourth-order valence-electron chi connectivity index (χ4n) is 2.23.